The summed E-state index contributed by atoms with van der Waals surface area (Å²) in [6.45, 7) is 0.523. The van der Waals surface area contributed by atoms with Crippen molar-refractivity contribution in [2.24, 2.45) is 0 Å². The Morgan fingerprint density at radius 1 is 1.19 bits per heavy atom. The zero-order chi connectivity index (χ0) is 14.2. The van der Waals surface area contributed by atoms with E-state index >= 15 is 0 Å². The van der Waals surface area contributed by atoms with E-state index in [1.54, 1.807) is 33.6 Å². The van der Waals surface area contributed by atoms with Gasteiger partial charge < -0.3 is 0 Å². The molecule has 0 unspecified atom stereocenters. The topological polar surface area (TPSA) is 43.6 Å². The molecule has 0 spiro atoms. The fourth-order valence-electron chi connectivity index (χ4n) is 2.16. The standard InChI is InChI=1S/C14H9ClN4S2/c15-13-12-9(10-3-1-6-20-10)8-21-14(12)18-11(17-13)7-19-5-2-4-16-19/h1-6,8H,7H2. The molecule has 0 fully saturated rings. The Bertz CT molecular complexity index is 881. The van der Waals surface area contributed by atoms with E-state index in [-0.39, 0.29) is 0 Å². The Kier molecular flexibility index (Phi) is 3.21. The van der Waals surface area contributed by atoms with Gasteiger partial charge in [0.1, 0.15) is 16.5 Å². The summed E-state index contributed by atoms with van der Waals surface area (Å²) >= 11 is 9.68. The second-order valence-electron chi connectivity index (χ2n) is 4.44. The summed E-state index contributed by atoms with van der Waals surface area (Å²) < 4.78 is 1.78. The lowest BCUT2D eigenvalue weighted by Gasteiger charge is -2.03. The molecule has 0 N–H and O–H groups in total. The maximum absolute atomic E-state index is 6.40. The lowest BCUT2D eigenvalue weighted by atomic mass is 10.2. The van der Waals surface area contributed by atoms with Crippen LogP contribution in [0.3, 0.4) is 0 Å². The zero-order valence-corrected chi connectivity index (χ0v) is 13.1. The lowest BCUT2D eigenvalue weighted by molar-refractivity contribution is 0.658. The molecule has 4 heterocycles. The van der Waals surface area contributed by atoms with Crippen LogP contribution in [0.1, 0.15) is 5.82 Å². The summed E-state index contributed by atoms with van der Waals surface area (Å²) in [6, 6.07) is 5.99. The van der Waals surface area contributed by atoms with Gasteiger partial charge in [-0.3, -0.25) is 4.68 Å². The zero-order valence-electron chi connectivity index (χ0n) is 10.7. The molecule has 0 aromatic carbocycles. The fourth-order valence-corrected chi connectivity index (χ4v) is 4.29. The predicted molar refractivity (Wildman–Crippen MR) is 87.1 cm³/mol. The highest BCUT2D eigenvalue weighted by Crippen LogP contribution is 2.38. The van der Waals surface area contributed by atoms with Crippen molar-refractivity contribution >= 4 is 44.5 Å². The molecule has 7 heteroatoms. The van der Waals surface area contributed by atoms with Crippen molar-refractivity contribution in [2.45, 2.75) is 6.54 Å². The van der Waals surface area contributed by atoms with Crippen LogP contribution < -0.4 is 0 Å². The molecule has 21 heavy (non-hydrogen) atoms. The summed E-state index contributed by atoms with van der Waals surface area (Å²) in [5.74, 6) is 0.677. The number of hydrogen-bond acceptors (Lipinski definition) is 5. The molecular formula is C14H9ClN4S2. The van der Waals surface area contributed by atoms with Crippen LogP contribution in [0.2, 0.25) is 5.15 Å². The number of fused-ring (bicyclic) bond motifs is 1. The van der Waals surface area contributed by atoms with E-state index in [9.17, 15) is 0 Å². The third-order valence-corrected chi connectivity index (χ3v) is 5.13. The molecule has 4 aromatic heterocycles. The van der Waals surface area contributed by atoms with Gasteiger partial charge in [0.2, 0.25) is 0 Å². The largest absolute Gasteiger partial charge is 0.265 e. The number of rotatable bonds is 3. The van der Waals surface area contributed by atoms with E-state index in [0.29, 0.717) is 17.5 Å². The molecule has 4 aromatic rings. The quantitative estimate of drug-likeness (QED) is 0.525. The third-order valence-electron chi connectivity index (χ3n) is 3.08. The predicted octanol–water partition coefficient (Wildman–Crippen LogP) is 4.32. The summed E-state index contributed by atoms with van der Waals surface area (Å²) in [4.78, 5) is 11.1. The van der Waals surface area contributed by atoms with Crippen LogP contribution in [0, 0.1) is 0 Å². The van der Waals surface area contributed by atoms with Crippen LogP contribution in [0.5, 0.6) is 0 Å². The van der Waals surface area contributed by atoms with Crippen LogP contribution in [-0.2, 0) is 6.54 Å². The molecule has 0 saturated heterocycles. The Balaban J connectivity index is 1.81. The van der Waals surface area contributed by atoms with Crippen molar-refractivity contribution in [3.8, 4) is 10.4 Å². The van der Waals surface area contributed by atoms with E-state index in [4.69, 9.17) is 11.6 Å². The van der Waals surface area contributed by atoms with Crippen LogP contribution in [0.4, 0.5) is 0 Å². The molecule has 0 aliphatic heterocycles. The van der Waals surface area contributed by atoms with Crippen molar-refractivity contribution in [1.29, 1.82) is 0 Å². The number of aromatic nitrogens is 4. The van der Waals surface area contributed by atoms with Gasteiger partial charge in [0.05, 0.1) is 5.39 Å². The van der Waals surface area contributed by atoms with Crippen molar-refractivity contribution in [1.82, 2.24) is 19.7 Å². The van der Waals surface area contributed by atoms with Crippen LogP contribution >= 0.6 is 34.3 Å². The average molecular weight is 333 g/mol. The molecule has 0 aliphatic carbocycles. The molecule has 0 saturated carbocycles. The first-order valence-electron chi connectivity index (χ1n) is 6.26. The summed E-state index contributed by atoms with van der Waals surface area (Å²) in [5, 5.41) is 9.76. The molecule has 0 bridgehead atoms. The number of halogens is 1. The number of hydrogen-bond donors (Lipinski definition) is 0. The minimum absolute atomic E-state index is 0.506. The minimum Gasteiger partial charge on any atom is -0.265 e. The smallest absolute Gasteiger partial charge is 0.153 e. The molecular weight excluding hydrogens is 324 g/mol. The van der Waals surface area contributed by atoms with Crippen molar-refractivity contribution in [3.63, 3.8) is 0 Å². The van der Waals surface area contributed by atoms with E-state index < -0.39 is 0 Å². The minimum atomic E-state index is 0.506. The molecule has 4 nitrogen and oxygen atoms in total. The first-order valence-corrected chi connectivity index (χ1v) is 8.40. The highest BCUT2D eigenvalue weighted by Gasteiger charge is 2.14. The van der Waals surface area contributed by atoms with Crippen molar-refractivity contribution in [3.05, 3.63) is 52.3 Å². The maximum atomic E-state index is 6.40. The van der Waals surface area contributed by atoms with E-state index in [1.165, 1.54) is 4.88 Å². The van der Waals surface area contributed by atoms with Gasteiger partial charge in [-0.15, -0.1) is 22.7 Å². The van der Waals surface area contributed by atoms with Crippen LogP contribution in [-0.4, -0.2) is 19.7 Å². The number of nitrogens with zero attached hydrogens (tertiary/aromatic N) is 4. The monoisotopic (exact) mass is 332 g/mol. The summed E-state index contributed by atoms with van der Waals surface area (Å²) in [6.07, 6.45) is 3.62. The van der Waals surface area contributed by atoms with Gasteiger partial charge in [-0.25, -0.2) is 9.97 Å². The Labute approximate surface area is 133 Å². The van der Waals surface area contributed by atoms with E-state index in [0.717, 1.165) is 15.8 Å². The average Bonchev–Trinajstić information content (AvgIpc) is 3.19. The molecule has 0 amide bonds. The van der Waals surface area contributed by atoms with Gasteiger partial charge in [0.25, 0.3) is 0 Å². The fraction of sp³-hybridized carbons (Fsp3) is 0.0714. The molecule has 0 radical (unpaired) electrons. The van der Waals surface area contributed by atoms with Gasteiger partial charge in [0.15, 0.2) is 5.82 Å². The van der Waals surface area contributed by atoms with Crippen LogP contribution in [0.15, 0.2) is 41.4 Å². The SMILES string of the molecule is Clc1nc(Cn2cccn2)nc2scc(-c3cccs3)c12. The summed E-state index contributed by atoms with van der Waals surface area (Å²) in [7, 11) is 0. The molecule has 0 aliphatic rings. The third kappa shape index (κ3) is 2.35. The van der Waals surface area contributed by atoms with Gasteiger partial charge in [-0.1, -0.05) is 17.7 Å². The first-order chi connectivity index (χ1) is 10.3. The first kappa shape index (κ1) is 12.9. The highest BCUT2D eigenvalue weighted by atomic mass is 35.5. The van der Waals surface area contributed by atoms with Crippen molar-refractivity contribution < 1.29 is 0 Å². The molecule has 0 atom stereocenters. The molecule has 4 rings (SSSR count). The van der Waals surface area contributed by atoms with E-state index in [1.807, 2.05) is 18.3 Å². The maximum Gasteiger partial charge on any atom is 0.153 e. The van der Waals surface area contributed by atoms with E-state index in [2.05, 4.69) is 31.9 Å². The molecule has 104 valence electrons. The van der Waals surface area contributed by atoms with Gasteiger partial charge in [-0.2, -0.15) is 5.10 Å². The Morgan fingerprint density at radius 2 is 2.14 bits per heavy atom. The summed E-state index contributed by atoms with van der Waals surface area (Å²) in [5.41, 5.74) is 1.11. The lowest BCUT2D eigenvalue weighted by Crippen LogP contribution is -2.04. The van der Waals surface area contributed by atoms with Crippen LogP contribution in [0.25, 0.3) is 20.7 Å². The van der Waals surface area contributed by atoms with Gasteiger partial charge in [-0.05, 0) is 17.5 Å². The highest BCUT2D eigenvalue weighted by molar-refractivity contribution is 7.18. The Morgan fingerprint density at radius 3 is 2.90 bits per heavy atom. The van der Waals surface area contributed by atoms with Gasteiger partial charge in [0, 0.05) is 28.2 Å². The Hall–Kier alpha value is -1.76. The van der Waals surface area contributed by atoms with Gasteiger partial charge >= 0.3 is 0 Å². The second-order valence-corrected chi connectivity index (χ2v) is 6.60. The normalized spacial score (nSPS) is 11.3. The van der Waals surface area contributed by atoms with Crippen molar-refractivity contribution in [2.75, 3.05) is 0 Å². The number of thiophene rings is 2. The second kappa shape index (κ2) is 5.22.